The molecular formula is C13H12ClFN2O3. The smallest absolute Gasteiger partial charge is 0.319 e. The molecule has 3 N–H and O–H groups in total. The number of benzene rings is 1. The summed E-state index contributed by atoms with van der Waals surface area (Å²) in [5, 5.41) is 14.0. The van der Waals surface area contributed by atoms with E-state index in [1.54, 1.807) is 6.08 Å². The SMILES string of the molecule is O=C(Nc1cc(Cl)ccc1F)NC1C=CC(C(=O)O)C1. The molecule has 2 atom stereocenters. The lowest BCUT2D eigenvalue weighted by molar-refractivity contribution is -0.140. The van der Waals surface area contributed by atoms with Gasteiger partial charge in [0, 0.05) is 5.02 Å². The molecule has 0 saturated carbocycles. The molecule has 0 aromatic heterocycles. The van der Waals surface area contributed by atoms with Gasteiger partial charge in [0.1, 0.15) is 5.82 Å². The first-order valence-electron chi connectivity index (χ1n) is 5.89. The van der Waals surface area contributed by atoms with E-state index in [2.05, 4.69) is 10.6 Å². The maximum atomic E-state index is 13.4. The minimum absolute atomic E-state index is 0.0354. The van der Waals surface area contributed by atoms with Crippen molar-refractivity contribution < 1.29 is 19.1 Å². The summed E-state index contributed by atoms with van der Waals surface area (Å²) < 4.78 is 13.4. The van der Waals surface area contributed by atoms with Crippen molar-refractivity contribution in [2.45, 2.75) is 12.5 Å². The van der Waals surface area contributed by atoms with E-state index in [4.69, 9.17) is 16.7 Å². The number of urea groups is 1. The highest BCUT2D eigenvalue weighted by atomic mass is 35.5. The highest BCUT2D eigenvalue weighted by molar-refractivity contribution is 6.30. The van der Waals surface area contributed by atoms with E-state index in [1.807, 2.05) is 0 Å². The fourth-order valence-electron chi connectivity index (χ4n) is 1.91. The minimum atomic E-state index is -0.938. The van der Waals surface area contributed by atoms with Gasteiger partial charge in [0.25, 0.3) is 0 Å². The van der Waals surface area contributed by atoms with Gasteiger partial charge in [-0.2, -0.15) is 0 Å². The molecule has 20 heavy (non-hydrogen) atoms. The van der Waals surface area contributed by atoms with Crippen LogP contribution in [0.1, 0.15) is 6.42 Å². The van der Waals surface area contributed by atoms with Crippen molar-refractivity contribution >= 4 is 29.3 Å². The maximum absolute atomic E-state index is 13.4. The van der Waals surface area contributed by atoms with Gasteiger partial charge in [0.15, 0.2) is 0 Å². The van der Waals surface area contributed by atoms with E-state index >= 15 is 0 Å². The van der Waals surface area contributed by atoms with Crippen molar-refractivity contribution in [1.82, 2.24) is 5.32 Å². The molecule has 0 fully saturated rings. The van der Waals surface area contributed by atoms with Crippen molar-refractivity contribution in [1.29, 1.82) is 0 Å². The van der Waals surface area contributed by atoms with Gasteiger partial charge in [0.05, 0.1) is 17.6 Å². The summed E-state index contributed by atoms with van der Waals surface area (Å²) in [7, 11) is 0. The second-order valence-electron chi connectivity index (χ2n) is 4.39. The Bertz CT molecular complexity index is 577. The Morgan fingerprint density at radius 1 is 1.35 bits per heavy atom. The van der Waals surface area contributed by atoms with Crippen LogP contribution in [0.15, 0.2) is 30.4 Å². The number of halogens is 2. The van der Waals surface area contributed by atoms with Gasteiger partial charge >= 0.3 is 12.0 Å². The van der Waals surface area contributed by atoms with E-state index in [9.17, 15) is 14.0 Å². The number of rotatable bonds is 3. The average Bonchev–Trinajstić information content (AvgIpc) is 2.82. The van der Waals surface area contributed by atoms with Crippen molar-refractivity contribution in [2.75, 3.05) is 5.32 Å². The summed E-state index contributed by atoms with van der Waals surface area (Å²) >= 11 is 5.71. The van der Waals surface area contributed by atoms with Crippen molar-refractivity contribution in [3.63, 3.8) is 0 Å². The van der Waals surface area contributed by atoms with Gasteiger partial charge < -0.3 is 15.7 Å². The number of carbonyl (C=O) groups is 2. The molecule has 0 radical (unpaired) electrons. The molecule has 0 saturated heterocycles. The summed E-state index contributed by atoms with van der Waals surface area (Å²) in [5.41, 5.74) is -0.0354. The Morgan fingerprint density at radius 3 is 2.75 bits per heavy atom. The summed E-state index contributed by atoms with van der Waals surface area (Å²) in [5.74, 6) is -2.15. The van der Waals surface area contributed by atoms with Crippen molar-refractivity contribution in [2.24, 2.45) is 5.92 Å². The number of nitrogens with one attached hydrogen (secondary N) is 2. The molecule has 1 aromatic rings. The first-order valence-corrected chi connectivity index (χ1v) is 6.27. The molecule has 0 spiro atoms. The van der Waals surface area contributed by atoms with Crippen molar-refractivity contribution in [3.8, 4) is 0 Å². The van der Waals surface area contributed by atoms with E-state index in [-0.39, 0.29) is 12.1 Å². The van der Waals surface area contributed by atoms with Gasteiger partial charge in [-0.3, -0.25) is 4.79 Å². The second kappa shape index (κ2) is 5.92. The van der Waals surface area contributed by atoms with Gasteiger partial charge in [0.2, 0.25) is 0 Å². The summed E-state index contributed by atoms with van der Waals surface area (Å²) in [6.45, 7) is 0. The van der Waals surface area contributed by atoms with Crippen LogP contribution in [0.5, 0.6) is 0 Å². The third-order valence-corrected chi connectivity index (χ3v) is 3.13. The van der Waals surface area contributed by atoms with Crippen LogP contribution < -0.4 is 10.6 Å². The molecule has 2 rings (SSSR count). The molecule has 0 aliphatic heterocycles. The quantitative estimate of drug-likeness (QED) is 0.751. The fourth-order valence-corrected chi connectivity index (χ4v) is 2.08. The second-order valence-corrected chi connectivity index (χ2v) is 4.83. The predicted octanol–water partition coefficient (Wildman–Crippen LogP) is 2.63. The highest BCUT2D eigenvalue weighted by Gasteiger charge is 2.25. The molecule has 2 amide bonds. The topological polar surface area (TPSA) is 78.4 Å². The first kappa shape index (κ1) is 14.3. The summed E-state index contributed by atoms with van der Waals surface area (Å²) in [6, 6.07) is 2.80. The van der Waals surface area contributed by atoms with Crippen LogP contribution in [0.3, 0.4) is 0 Å². The summed E-state index contributed by atoms with van der Waals surface area (Å²) in [6.07, 6.45) is 3.40. The first-order chi connectivity index (χ1) is 9.45. The van der Waals surface area contributed by atoms with Crippen molar-refractivity contribution in [3.05, 3.63) is 41.2 Å². The number of hydrogen-bond donors (Lipinski definition) is 3. The third-order valence-electron chi connectivity index (χ3n) is 2.89. The highest BCUT2D eigenvalue weighted by Crippen LogP contribution is 2.20. The number of hydrogen-bond acceptors (Lipinski definition) is 2. The molecule has 0 bridgehead atoms. The monoisotopic (exact) mass is 298 g/mol. The zero-order valence-electron chi connectivity index (χ0n) is 10.3. The Kier molecular flexibility index (Phi) is 4.24. The molecule has 0 heterocycles. The zero-order valence-corrected chi connectivity index (χ0v) is 11.0. The fraction of sp³-hybridized carbons (Fsp3) is 0.231. The van der Waals surface area contributed by atoms with Gasteiger partial charge in [-0.1, -0.05) is 23.8 Å². The average molecular weight is 299 g/mol. The third kappa shape index (κ3) is 3.48. The number of amides is 2. The summed E-state index contributed by atoms with van der Waals surface area (Å²) in [4.78, 5) is 22.5. The van der Waals surface area contributed by atoms with Gasteiger partial charge in [-0.15, -0.1) is 0 Å². The number of anilines is 1. The predicted molar refractivity (Wildman–Crippen MR) is 72.2 cm³/mol. The number of carbonyl (C=O) groups excluding carboxylic acids is 1. The Labute approximate surface area is 119 Å². The molecular weight excluding hydrogens is 287 g/mol. The Morgan fingerprint density at radius 2 is 2.10 bits per heavy atom. The van der Waals surface area contributed by atoms with Crippen LogP contribution in [0.2, 0.25) is 5.02 Å². The van der Waals surface area contributed by atoms with Crippen LogP contribution in [0, 0.1) is 11.7 Å². The van der Waals surface area contributed by atoms with E-state index in [0.29, 0.717) is 5.02 Å². The van der Waals surface area contributed by atoms with Gasteiger partial charge in [-0.25, -0.2) is 9.18 Å². The van der Waals surface area contributed by atoms with E-state index < -0.39 is 29.8 Å². The van der Waals surface area contributed by atoms with Crippen LogP contribution in [0.25, 0.3) is 0 Å². The normalized spacial score (nSPS) is 20.7. The molecule has 106 valence electrons. The van der Waals surface area contributed by atoms with Crippen LogP contribution in [0.4, 0.5) is 14.9 Å². The molecule has 5 nitrogen and oxygen atoms in total. The lowest BCUT2D eigenvalue weighted by atomic mass is 10.1. The number of aliphatic carboxylic acids is 1. The molecule has 1 aliphatic rings. The Balaban J connectivity index is 1.92. The van der Waals surface area contributed by atoms with E-state index in [0.717, 1.165) is 6.07 Å². The zero-order chi connectivity index (χ0) is 14.7. The van der Waals surface area contributed by atoms with Crippen LogP contribution in [-0.4, -0.2) is 23.1 Å². The standard InChI is InChI=1S/C13H12ClFN2O3/c14-8-2-4-10(15)11(6-8)17-13(20)16-9-3-1-7(5-9)12(18)19/h1-4,6-7,9H,5H2,(H,18,19)(H2,16,17,20). The van der Waals surface area contributed by atoms with Crippen LogP contribution in [-0.2, 0) is 4.79 Å². The minimum Gasteiger partial charge on any atom is -0.481 e. The number of carboxylic acid groups (broad SMARTS) is 1. The molecule has 1 aromatic carbocycles. The van der Waals surface area contributed by atoms with E-state index in [1.165, 1.54) is 18.2 Å². The Hall–Kier alpha value is -2.08. The molecule has 7 heteroatoms. The lowest BCUT2D eigenvalue weighted by Gasteiger charge is -2.13. The molecule has 1 aliphatic carbocycles. The number of carboxylic acids is 1. The lowest BCUT2D eigenvalue weighted by Crippen LogP contribution is -2.36. The van der Waals surface area contributed by atoms with Crippen LogP contribution >= 0.6 is 11.6 Å². The largest absolute Gasteiger partial charge is 0.481 e. The molecule has 2 unspecified atom stereocenters. The van der Waals surface area contributed by atoms with Gasteiger partial charge in [-0.05, 0) is 24.6 Å². The maximum Gasteiger partial charge on any atom is 0.319 e.